The Balaban J connectivity index is 1.46. The number of aromatic nitrogens is 3. The average molecular weight is 411 g/mol. The summed E-state index contributed by atoms with van der Waals surface area (Å²) in [7, 11) is 2.25. The van der Waals surface area contributed by atoms with Gasteiger partial charge in [0, 0.05) is 6.04 Å². The van der Waals surface area contributed by atoms with Gasteiger partial charge in [0.1, 0.15) is 0 Å². The van der Waals surface area contributed by atoms with E-state index in [-0.39, 0.29) is 0 Å². The van der Waals surface area contributed by atoms with E-state index in [0.29, 0.717) is 6.04 Å². The number of nitrogens with zero attached hydrogens (tertiary/aromatic N) is 4. The molecule has 2 aliphatic rings. The number of hydrogen-bond acceptors (Lipinski definition) is 4. The molecular formula is C22H26N4S2. The average Bonchev–Trinajstić information content (AvgIpc) is 3.63. The Hall–Kier alpha value is -1.76. The van der Waals surface area contributed by atoms with Crippen molar-refractivity contribution in [2.75, 3.05) is 7.05 Å². The summed E-state index contributed by atoms with van der Waals surface area (Å²) in [5.41, 5.74) is 1.25. The van der Waals surface area contributed by atoms with Gasteiger partial charge in [-0.1, -0.05) is 36.4 Å². The molecule has 2 aromatic heterocycles. The van der Waals surface area contributed by atoms with Crippen molar-refractivity contribution in [2.45, 2.75) is 44.9 Å². The zero-order chi connectivity index (χ0) is 19.1. The van der Waals surface area contributed by atoms with Crippen LogP contribution >= 0.6 is 23.6 Å². The first-order valence-corrected chi connectivity index (χ1v) is 11.4. The van der Waals surface area contributed by atoms with Crippen molar-refractivity contribution in [3.63, 3.8) is 0 Å². The lowest BCUT2D eigenvalue weighted by molar-refractivity contribution is 0.145. The first-order valence-electron chi connectivity index (χ1n) is 10.2. The van der Waals surface area contributed by atoms with Crippen molar-refractivity contribution in [2.24, 2.45) is 11.8 Å². The van der Waals surface area contributed by atoms with E-state index in [0.717, 1.165) is 35.6 Å². The molecule has 6 heteroatoms. The van der Waals surface area contributed by atoms with Crippen LogP contribution in [0.3, 0.4) is 0 Å². The maximum atomic E-state index is 5.89. The standard InChI is InChI=1S/C22H26N4S2/c1-24(20(17-9-10-17)18-11-12-18)15-26-22(27)25(14-16-6-3-2-4-7-16)21(23-26)19-8-5-13-28-19/h2-8,13,17-18,20H,9-12,14-15H2,1H3. The molecule has 4 nitrogen and oxygen atoms in total. The summed E-state index contributed by atoms with van der Waals surface area (Å²) in [6, 6.07) is 15.4. The van der Waals surface area contributed by atoms with Gasteiger partial charge in [-0.2, -0.15) is 0 Å². The molecule has 0 bridgehead atoms. The molecule has 0 unspecified atom stereocenters. The molecule has 1 aromatic carbocycles. The van der Waals surface area contributed by atoms with Crippen LogP contribution in [0.5, 0.6) is 0 Å². The van der Waals surface area contributed by atoms with Crippen LogP contribution in [0.2, 0.25) is 0 Å². The molecule has 0 aliphatic heterocycles. The minimum atomic E-state index is 0.700. The Morgan fingerprint density at radius 2 is 1.82 bits per heavy atom. The highest BCUT2D eigenvalue weighted by molar-refractivity contribution is 7.71. The molecule has 0 N–H and O–H groups in total. The Kier molecular flexibility index (Phi) is 4.95. The Morgan fingerprint density at radius 3 is 2.43 bits per heavy atom. The van der Waals surface area contributed by atoms with Gasteiger partial charge in [-0.05, 0) is 73.8 Å². The lowest BCUT2D eigenvalue weighted by Crippen LogP contribution is -2.37. The molecule has 146 valence electrons. The second-order valence-electron chi connectivity index (χ2n) is 8.22. The van der Waals surface area contributed by atoms with Gasteiger partial charge in [0.15, 0.2) is 10.6 Å². The van der Waals surface area contributed by atoms with Crippen molar-refractivity contribution in [1.82, 2.24) is 19.2 Å². The highest BCUT2D eigenvalue weighted by Crippen LogP contribution is 2.46. The lowest BCUT2D eigenvalue weighted by atomic mass is 10.1. The third kappa shape index (κ3) is 3.73. The van der Waals surface area contributed by atoms with Crippen LogP contribution in [-0.4, -0.2) is 32.3 Å². The zero-order valence-electron chi connectivity index (χ0n) is 16.2. The van der Waals surface area contributed by atoms with Gasteiger partial charge in [-0.15, -0.1) is 16.4 Å². The molecule has 0 saturated heterocycles. The number of thiophene rings is 1. The van der Waals surface area contributed by atoms with Gasteiger partial charge in [0.25, 0.3) is 0 Å². The minimum absolute atomic E-state index is 0.700. The predicted octanol–water partition coefficient (Wildman–Crippen LogP) is 5.27. The van der Waals surface area contributed by atoms with E-state index >= 15 is 0 Å². The molecule has 0 amide bonds. The Labute approximate surface area is 175 Å². The fourth-order valence-electron chi connectivity index (χ4n) is 4.32. The molecule has 2 fully saturated rings. The van der Waals surface area contributed by atoms with Crippen molar-refractivity contribution in [1.29, 1.82) is 0 Å². The molecule has 0 atom stereocenters. The van der Waals surface area contributed by atoms with Gasteiger partial charge in [0.2, 0.25) is 0 Å². The van der Waals surface area contributed by atoms with Crippen molar-refractivity contribution >= 4 is 23.6 Å². The second kappa shape index (κ2) is 7.58. The van der Waals surface area contributed by atoms with Gasteiger partial charge >= 0.3 is 0 Å². The third-order valence-electron chi connectivity index (χ3n) is 5.92. The van der Waals surface area contributed by atoms with Gasteiger partial charge in [0.05, 0.1) is 18.1 Å². The lowest BCUT2D eigenvalue weighted by Gasteiger charge is -2.27. The molecule has 0 spiro atoms. The Morgan fingerprint density at radius 1 is 1.11 bits per heavy atom. The molecule has 2 heterocycles. The van der Waals surface area contributed by atoms with Crippen LogP contribution in [0.15, 0.2) is 47.8 Å². The number of benzene rings is 1. The van der Waals surface area contributed by atoms with E-state index in [9.17, 15) is 0 Å². The van der Waals surface area contributed by atoms with E-state index < -0.39 is 0 Å². The Bertz CT molecular complexity index is 969. The largest absolute Gasteiger partial charge is 0.295 e. The molecule has 0 radical (unpaired) electrons. The van der Waals surface area contributed by atoms with E-state index in [1.54, 1.807) is 11.3 Å². The van der Waals surface area contributed by atoms with Crippen LogP contribution in [0.4, 0.5) is 0 Å². The van der Waals surface area contributed by atoms with Gasteiger partial charge in [-0.3, -0.25) is 9.47 Å². The minimum Gasteiger partial charge on any atom is -0.295 e. The maximum absolute atomic E-state index is 5.89. The highest BCUT2D eigenvalue weighted by atomic mass is 32.1. The molecule has 28 heavy (non-hydrogen) atoms. The maximum Gasteiger partial charge on any atom is 0.199 e. The number of hydrogen-bond donors (Lipinski definition) is 0. The monoisotopic (exact) mass is 410 g/mol. The van der Waals surface area contributed by atoms with Crippen LogP contribution in [0, 0.1) is 16.6 Å². The van der Waals surface area contributed by atoms with E-state index in [1.165, 1.54) is 36.1 Å². The van der Waals surface area contributed by atoms with Crippen molar-refractivity contribution in [3.05, 3.63) is 58.2 Å². The summed E-state index contributed by atoms with van der Waals surface area (Å²) in [6.07, 6.45) is 5.55. The van der Waals surface area contributed by atoms with Crippen molar-refractivity contribution in [3.8, 4) is 10.7 Å². The SMILES string of the molecule is CN(Cn1nc(-c2cccs2)n(Cc2ccccc2)c1=S)C(C1CC1)C1CC1. The smallest absolute Gasteiger partial charge is 0.199 e. The fourth-order valence-corrected chi connectivity index (χ4v) is 5.28. The number of rotatable bonds is 8. The van der Waals surface area contributed by atoms with Crippen LogP contribution in [0.1, 0.15) is 31.2 Å². The van der Waals surface area contributed by atoms with E-state index in [4.69, 9.17) is 17.3 Å². The van der Waals surface area contributed by atoms with Gasteiger partial charge in [-0.25, -0.2) is 4.68 Å². The topological polar surface area (TPSA) is 26.0 Å². The van der Waals surface area contributed by atoms with E-state index in [1.807, 2.05) is 4.68 Å². The molecule has 3 aromatic rings. The fraction of sp³-hybridized carbons (Fsp3) is 0.455. The summed E-state index contributed by atoms with van der Waals surface area (Å²) in [4.78, 5) is 3.67. The third-order valence-corrected chi connectivity index (χ3v) is 7.22. The summed E-state index contributed by atoms with van der Waals surface area (Å²) in [5, 5.41) is 7.08. The first-order chi connectivity index (χ1) is 13.7. The van der Waals surface area contributed by atoms with Gasteiger partial charge < -0.3 is 0 Å². The molecule has 5 rings (SSSR count). The van der Waals surface area contributed by atoms with Crippen LogP contribution in [-0.2, 0) is 13.2 Å². The first kappa shape index (κ1) is 18.3. The quantitative estimate of drug-likeness (QED) is 0.473. The molecule has 2 aliphatic carbocycles. The molecule has 2 saturated carbocycles. The second-order valence-corrected chi connectivity index (χ2v) is 9.53. The normalized spacial score (nSPS) is 17.0. The highest BCUT2D eigenvalue weighted by Gasteiger charge is 2.43. The molecular weight excluding hydrogens is 384 g/mol. The van der Waals surface area contributed by atoms with Crippen LogP contribution in [0.25, 0.3) is 10.7 Å². The summed E-state index contributed by atoms with van der Waals surface area (Å²) in [6.45, 7) is 1.53. The summed E-state index contributed by atoms with van der Waals surface area (Å²) in [5.74, 6) is 2.75. The van der Waals surface area contributed by atoms with Crippen molar-refractivity contribution < 1.29 is 0 Å². The van der Waals surface area contributed by atoms with E-state index in [2.05, 4.69) is 64.4 Å². The summed E-state index contributed by atoms with van der Waals surface area (Å²) >= 11 is 7.62. The summed E-state index contributed by atoms with van der Waals surface area (Å²) < 4.78 is 5.03. The van der Waals surface area contributed by atoms with Crippen LogP contribution < -0.4 is 0 Å². The zero-order valence-corrected chi connectivity index (χ0v) is 17.8. The predicted molar refractivity (Wildman–Crippen MR) is 117 cm³/mol.